The number of ether oxygens (including phenoxy) is 1. The number of nitrogens with zero attached hydrogens (tertiary/aromatic N) is 4. The van der Waals surface area contributed by atoms with E-state index in [0.29, 0.717) is 5.92 Å². The van der Waals surface area contributed by atoms with Gasteiger partial charge in [-0.25, -0.2) is 9.67 Å². The average molecular weight is 661 g/mol. The Labute approximate surface area is 296 Å². The predicted octanol–water partition coefficient (Wildman–Crippen LogP) is 12.3. The van der Waals surface area contributed by atoms with Crippen molar-refractivity contribution in [1.29, 1.82) is 0 Å². The fourth-order valence-electron chi connectivity index (χ4n) is 7.70. The maximum Gasteiger partial charge on any atom is 0.137 e. The van der Waals surface area contributed by atoms with Gasteiger partial charge in [0.2, 0.25) is 0 Å². The minimum Gasteiger partial charge on any atom is -0.457 e. The monoisotopic (exact) mass is 660 g/mol. The van der Waals surface area contributed by atoms with Gasteiger partial charge in [0.25, 0.3) is 0 Å². The van der Waals surface area contributed by atoms with Crippen LogP contribution < -0.4 is 4.74 Å². The summed E-state index contributed by atoms with van der Waals surface area (Å²) in [6, 6.07) is 30.5. The van der Waals surface area contributed by atoms with Crippen LogP contribution >= 0.6 is 0 Å². The summed E-state index contributed by atoms with van der Waals surface area (Å²) < 4.78 is 11.2. The van der Waals surface area contributed by atoms with Crippen molar-refractivity contribution in [2.75, 3.05) is 0 Å². The summed E-state index contributed by atoms with van der Waals surface area (Å²) >= 11 is 0. The molecule has 0 radical (unpaired) electrons. The van der Waals surface area contributed by atoms with Crippen LogP contribution in [0, 0.1) is 27.7 Å². The van der Waals surface area contributed by atoms with Gasteiger partial charge in [0.1, 0.15) is 17.3 Å². The first-order chi connectivity index (χ1) is 24.0. The van der Waals surface area contributed by atoms with Crippen molar-refractivity contribution in [2.24, 2.45) is 0 Å². The van der Waals surface area contributed by atoms with Crippen molar-refractivity contribution < 1.29 is 4.74 Å². The number of pyridine rings is 1. The smallest absolute Gasteiger partial charge is 0.137 e. The van der Waals surface area contributed by atoms with Crippen molar-refractivity contribution in [2.45, 2.75) is 87.0 Å². The van der Waals surface area contributed by atoms with Gasteiger partial charge in [0.05, 0.1) is 28.1 Å². The molecule has 4 aromatic carbocycles. The molecule has 5 nitrogen and oxygen atoms in total. The Morgan fingerprint density at radius 3 is 2.16 bits per heavy atom. The molecule has 7 aromatic rings. The van der Waals surface area contributed by atoms with E-state index in [1.54, 1.807) is 0 Å². The molecule has 0 saturated heterocycles. The van der Waals surface area contributed by atoms with Crippen molar-refractivity contribution in [1.82, 2.24) is 19.3 Å². The molecule has 3 aromatic heterocycles. The number of benzene rings is 4. The van der Waals surface area contributed by atoms with Crippen LogP contribution in [0.5, 0.6) is 11.5 Å². The normalized spacial score (nSPS) is 11.8. The summed E-state index contributed by atoms with van der Waals surface area (Å²) in [5, 5.41) is 7.59. The van der Waals surface area contributed by atoms with Gasteiger partial charge < -0.3 is 4.74 Å². The lowest BCUT2D eigenvalue weighted by Crippen LogP contribution is -2.06. The molecule has 0 N–H and O–H groups in total. The zero-order valence-corrected chi connectivity index (χ0v) is 30.9. The highest BCUT2D eigenvalue weighted by Crippen LogP contribution is 2.40. The Kier molecular flexibility index (Phi) is 8.86. The molecule has 7 rings (SSSR count). The fourth-order valence-corrected chi connectivity index (χ4v) is 7.70. The molecule has 0 aliphatic rings. The third-order valence-electron chi connectivity index (χ3n) is 9.85. The SMILES string of the molecule is CCCc1ccnc(-n2c3ccccc3c3ccc(Oc4cc(C(C)C)cc(-n5nc(C)c(-c6c(C)cc(C)cc6C)c5C(C)C)c4)cc32)c1. The molecule has 3 heterocycles. The van der Waals surface area contributed by atoms with Crippen LogP contribution in [-0.4, -0.2) is 19.3 Å². The van der Waals surface area contributed by atoms with E-state index in [9.17, 15) is 0 Å². The molecule has 0 spiro atoms. The first kappa shape index (κ1) is 33.3. The third kappa shape index (κ3) is 6.00. The summed E-state index contributed by atoms with van der Waals surface area (Å²) in [5.74, 6) is 3.07. The van der Waals surface area contributed by atoms with Crippen LogP contribution in [0.2, 0.25) is 0 Å². The van der Waals surface area contributed by atoms with Crippen LogP contribution in [0.25, 0.3) is 44.4 Å². The Morgan fingerprint density at radius 2 is 1.44 bits per heavy atom. The lowest BCUT2D eigenvalue weighted by atomic mass is 9.90. The second-order valence-electron chi connectivity index (χ2n) is 14.5. The minimum atomic E-state index is 0.257. The average Bonchev–Trinajstić information content (AvgIpc) is 3.59. The molecule has 0 unspecified atom stereocenters. The van der Waals surface area contributed by atoms with Gasteiger partial charge in [-0.05, 0) is 116 Å². The number of hydrogen-bond acceptors (Lipinski definition) is 3. The van der Waals surface area contributed by atoms with Crippen LogP contribution in [0.3, 0.4) is 0 Å². The molecule has 0 amide bonds. The lowest BCUT2D eigenvalue weighted by molar-refractivity contribution is 0.481. The van der Waals surface area contributed by atoms with E-state index in [0.717, 1.165) is 52.6 Å². The maximum atomic E-state index is 6.79. The van der Waals surface area contributed by atoms with Gasteiger partial charge in [-0.15, -0.1) is 0 Å². The van der Waals surface area contributed by atoms with Crippen LogP contribution in [0.4, 0.5) is 0 Å². The zero-order valence-electron chi connectivity index (χ0n) is 30.9. The van der Waals surface area contributed by atoms with Crippen LogP contribution in [-0.2, 0) is 6.42 Å². The standard InChI is InChI=1S/C45H48N4O/c1-10-13-33-18-19-46-42(22-33)48-40-15-12-11-14-38(40)39-17-16-36(26-41(39)48)50-37-24-34(27(2)3)23-35(25-37)49-45(28(4)5)44(32(9)47-49)43-30(7)20-29(6)21-31(43)8/h11-12,14-28H,10,13H2,1-9H3. The number of aromatic nitrogens is 4. The van der Waals surface area contributed by atoms with Crippen molar-refractivity contribution in [3.63, 3.8) is 0 Å². The van der Waals surface area contributed by atoms with Crippen molar-refractivity contribution in [3.8, 4) is 34.1 Å². The largest absolute Gasteiger partial charge is 0.457 e. The molecule has 5 heteroatoms. The second kappa shape index (κ2) is 13.3. The van der Waals surface area contributed by atoms with E-state index in [4.69, 9.17) is 14.8 Å². The van der Waals surface area contributed by atoms with Gasteiger partial charge in [0.15, 0.2) is 0 Å². The molecule has 0 saturated carbocycles. The van der Waals surface area contributed by atoms with E-state index >= 15 is 0 Å². The highest BCUT2D eigenvalue weighted by Gasteiger charge is 2.24. The molecule has 0 atom stereocenters. The highest BCUT2D eigenvalue weighted by atomic mass is 16.5. The molecular formula is C45H48N4O. The fraction of sp³-hybridized carbons (Fsp3) is 0.289. The minimum absolute atomic E-state index is 0.257. The Balaban J connectivity index is 1.36. The number of rotatable bonds is 9. The van der Waals surface area contributed by atoms with Gasteiger partial charge >= 0.3 is 0 Å². The summed E-state index contributed by atoms with van der Waals surface area (Å²) in [5.41, 5.74) is 14.4. The van der Waals surface area contributed by atoms with E-state index in [-0.39, 0.29) is 5.92 Å². The van der Waals surface area contributed by atoms with Gasteiger partial charge in [-0.1, -0.05) is 76.9 Å². The lowest BCUT2D eigenvalue weighted by Gasteiger charge is -2.18. The van der Waals surface area contributed by atoms with Crippen LogP contribution in [0.1, 0.15) is 92.1 Å². The molecule has 0 fully saturated rings. The maximum absolute atomic E-state index is 6.79. The number of hydrogen-bond donors (Lipinski definition) is 0. The Bertz CT molecular complexity index is 2350. The van der Waals surface area contributed by atoms with E-state index in [1.165, 1.54) is 55.4 Å². The Hall–Kier alpha value is -5.16. The first-order valence-corrected chi connectivity index (χ1v) is 18.0. The molecule has 50 heavy (non-hydrogen) atoms. The molecule has 0 aliphatic heterocycles. The van der Waals surface area contributed by atoms with Gasteiger partial charge in [-0.3, -0.25) is 4.57 Å². The van der Waals surface area contributed by atoms with Crippen LogP contribution in [0.15, 0.2) is 91.1 Å². The first-order valence-electron chi connectivity index (χ1n) is 18.0. The Morgan fingerprint density at radius 1 is 0.700 bits per heavy atom. The van der Waals surface area contributed by atoms with Crippen molar-refractivity contribution in [3.05, 3.63) is 130 Å². The molecule has 0 aliphatic carbocycles. The van der Waals surface area contributed by atoms with Crippen molar-refractivity contribution >= 4 is 21.8 Å². The zero-order chi connectivity index (χ0) is 35.3. The summed E-state index contributed by atoms with van der Waals surface area (Å²) in [6.07, 6.45) is 4.04. The van der Waals surface area contributed by atoms with E-state index < -0.39 is 0 Å². The van der Waals surface area contributed by atoms with E-state index in [1.807, 2.05) is 6.20 Å². The highest BCUT2D eigenvalue weighted by molar-refractivity contribution is 6.09. The topological polar surface area (TPSA) is 44.9 Å². The number of fused-ring (bicyclic) bond motifs is 3. The summed E-state index contributed by atoms with van der Waals surface area (Å²) in [4.78, 5) is 4.83. The second-order valence-corrected chi connectivity index (χ2v) is 14.5. The van der Waals surface area contributed by atoms with Gasteiger partial charge in [0, 0.05) is 34.7 Å². The molecular weight excluding hydrogens is 613 g/mol. The number of aryl methyl sites for hydroxylation is 5. The summed E-state index contributed by atoms with van der Waals surface area (Å²) in [7, 11) is 0. The third-order valence-corrected chi connectivity index (χ3v) is 9.85. The number of para-hydroxylation sites is 1. The summed E-state index contributed by atoms with van der Waals surface area (Å²) in [6.45, 7) is 19.9. The molecule has 254 valence electrons. The molecule has 0 bridgehead atoms. The van der Waals surface area contributed by atoms with E-state index in [2.05, 4.69) is 156 Å². The van der Waals surface area contributed by atoms with Gasteiger partial charge in [-0.2, -0.15) is 5.10 Å². The quantitative estimate of drug-likeness (QED) is 0.155. The predicted molar refractivity (Wildman–Crippen MR) is 209 cm³/mol.